The number of aromatic nitrogens is 2. The molecule has 2 saturated heterocycles. The SMILES string of the molecule is CC(=O)NC1C=CN(c2nc3ccccc3n(C3C[C@H]4CCC[C@@H](C3)N4[C@@H]3C[C@H]4CCCCC3CC4)c2=O)C(=O)N1. The highest BCUT2D eigenvalue weighted by Gasteiger charge is 2.46. The zero-order chi connectivity index (χ0) is 28.1. The van der Waals surface area contributed by atoms with Crippen LogP contribution in [0.2, 0.25) is 0 Å². The molecule has 1 aromatic heterocycles. The normalized spacial score (nSPS) is 33.7. The number of nitrogens with zero attached hydrogens (tertiary/aromatic N) is 4. The van der Waals surface area contributed by atoms with Crippen LogP contribution in [0.1, 0.15) is 90.0 Å². The van der Waals surface area contributed by atoms with E-state index in [4.69, 9.17) is 0 Å². The quantitative estimate of drug-likeness (QED) is 0.561. The van der Waals surface area contributed by atoms with Crippen LogP contribution in [0.15, 0.2) is 41.3 Å². The van der Waals surface area contributed by atoms with Crippen LogP contribution in [0.5, 0.6) is 0 Å². The van der Waals surface area contributed by atoms with Gasteiger partial charge in [-0.2, -0.15) is 0 Å². The van der Waals surface area contributed by atoms with Crippen molar-refractivity contribution in [2.75, 3.05) is 4.90 Å². The van der Waals surface area contributed by atoms with Gasteiger partial charge in [0.2, 0.25) is 11.7 Å². The second kappa shape index (κ2) is 10.9. The molecule has 9 nitrogen and oxygen atoms in total. The number of carbonyl (C=O) groups excluding carboxylic acids is 2. The molecule has 3 amide bonds. The lowest BCUT2D eigenvalue weighted by atomic mass is 9.69. The average molecular weight is 559 g/mol. The number of amides is 3. The molecule has 218 valence electrons. The maximum Gasteiger partial charge on any atom is 0.329 e. The van der Waals surface area contributed by atoms with Crippen molar-refractivity contribution in [3.05, 3.63) is 46.9 Å². The molecular weight excluding hydrogens is 516 g/mol. The average Bonchev–Trinajstić information content (AvgIpc) is 2.92. The van der Waals surface area contributed by atoms with E-state index in [0.29, 0.717) is 23.6 Å². The van der Waals surface area contributed by atoms with Crippen LogP contribution in [0.4, 0.5) is 10.6 Å². The first-order valence-electron chi connectivity index (χ1n) is 15.8. The Hall–Kier alpha value is -3.20. The maximum atomic E-state index is 14.2. The summed E-state index contributed by atoms with van der Waals surface area (Å²) in [6.45, 7) is 1.40. The molecule has 6 aliphatic rings. The molecule has 3 saturated carbocycles. The van der Waals surface area contributed by atoms with Gasteiger partial charge in [-0.05, 0) is 75.0 Å². The summed E-state index contributed by atoms with van der Waals surface area (Å²) in [5, 5.41) is 5.41. The molecular formula is C32H42N6O3. The number of nitrogens with one attached hydrogen (secondary N) is 2. The Morgan fingerprint density at radius 1 is 0.927 bits per heavy atom. The molecule has 4 bridgehead atoms. The molecule has 3 unspecified atom stereocenters. The van der Waals surface area contributed by atoms with E-state index >= 15 is 0 Å². The van der Waals surface area contributed by atoms with Gasteiger partial charge in [-0.25, -0.2) is 14.7 Å². The molecule has 0 radical (unpaired) electrons. The molecule has 1 aromatic carbocycles. The largest absolute Gasteiger partial charge is 0.333 e. The van der Waals surface area contributed by atoms with Crippen molar-refractivity contribution >= 4 is 28.8 Å². The second-order valence-electron chi connectivity index (χ2n) is 13.0. The Morgan fingerprint density at radius 2 is 1.71 bits per heavy atom. The first-order valence-corrected chi connectivity index (χ1v) is 15.8. The van der Waals surface area contributed by atoms with Crippen LogP contribution in [0.25, 0.3) is 11.0 Å². The van der Waals surface area contributed by atoms with Crippen LogP contribution in [0.3, 0.4) is 0 Å². The number of hydrogen-bond donors (Lipinski definition) is 2. The van der Waals surface area contributed by atoms with Crippen molar-refractivity contribution in [2.45, 2.75) is 114 Å². The number of benzene rings is 1. The van der Waals surface area contributed by atoms with Gasteiger partial charge >= 0.3 is 6.03 Å². The van der Waals surface area contributed by atoms with E-state index in [0.717, 1.165) is 30.2 Å². The summed E-state index contributed by atoms with van der Waals surface area (Å²) in [6.07, 6.45) is 17.9. The van der Waals surface area contributed by atoms with Gasteiger partial charge in [0.15, 0.2) is 0 Å². The number of urea groups is 1. The summed E-state index contributed by atoms with van der Waals surface area (Å²) in [7, 11) is 0. The monoisotopic (exact) mass is 558 g/mol. The van der Waals surface area contributed by atoms with Gasteiger partial charge in [-0.15, -0.1) is 0 Å². The van der Waals surface area contributed by atoms with Gasteiger partial charge in [0.05, 0.1) is 11.0 Å². The minimum absolute atomic E-state index is 0.0652. The molecule has 0 spiro atoms. The fraction of sp³-hybridized carbons (Fsp3) is 0.625. The highest BCUT2D eigenvalue weighted by molar-refractivity contribution is 5.95. The lowest BCUT2D eigenvalue weighted by molar-refractivity contribution is -0.119. The summed E-state index contributed by atoms with van der Waals surface area (Å²) in [5.74, 6) is 1.57. The molecule has 3 aliphatic carbocycles. The Labute approximate surface area is 241 Å². The van der Waals surface area contributed by atoms with E-state index in [2.05, 4.69) is 20.5 Å². The number of anilines is 1. The van der Waals surface area contributed by atoms with E-state index < -0.39 is 12.2 Å². The second-order valence-corrected chi connectivity index (χ2v) is 13.0. The fourth-order valence-electron chi connectivity index (χ4n) is 8.86. The van der Waals surface area contributed by atoms with E-state index in [-0.39, 0.29) is 23.3 Å². The molecule has 3 aliphatic heterocycles. The van der Waals surface area contributed by atoms with Gasteiger partial charge < -0.3 is 15.2 Å². The predicted molar refractivity (Wildman–Crippen MR) is 158 cm³/mol. The highest BCUT2D eigenvalue weighted by Crippen LogP contribution is 2.47. The van der Waals surface area contributed by atoms with Crippen molar-refractivity contribution in [1.29, 1.82) is 0 Å². The van der Waals surface area contributed by atoms with Crippen LogP contribution < -0.4 is 21.1 Å². The number of rotatable bonds is 4. The van der Waals surface area contributed by atoms with Crippen molar-refractivity contribution in [3.8, 4) is 0 Å². The fourth-order valence-corrected chi connectivity index (χ4v) is 8.86. The van der Waals surface area contributed by atoms with Gasteiger partial charge in [-0.3, -0.25) is 14.5 Å². The molecule has 7 atom stereocenters. The van der Waals surface area contributed by atoms with E-state index in [1.54, 1.807) is 12.3 Å². The van der Waals surface area contributed by atoms with Crippen LogP contribution in [-0.2, 0) is 4.79 Å². The summed E-state index contributed by atoms with van der Waals surface area (Å²) in [4.78, 5) is 47.7. The topological polar surface area (TPSA) is 99.6 Å². The first-order chi connectivity index (χ1) is 20.0. The minimum Gasteiger partial charge on any atom is -0.333 e. The third-order valence-corrected chi connectivity index (χ3v) is 10.5. The molecule has 2 N–H and O–H groups in total. The number of hydrogen-bond acceptors (Lipinski definition) is 5. The Bertz CT molecular complexity index is 1400. The van der Waals surface area contributed by atoms with Gasteiger partial charge in [0.25, 0.3) is 5.56 Å². The molecule has 4 heterocycles. The Kier molecular flexibility index (Phi) is 7.09. The first kappa shape index (κ1) is 26.7. The van der Waals surface area contributed by atoms with Crippen molar-refractivity contribution in [1.82, 2.24) is 25.1 Å². The van der Waals surface area contributed by atoms with Crippen LogP contribution >= 0.6 is 0 Å². The van der Waals surface area contributed by atoms with Crippen LogP contribution in [-0.4, -0.2) is 50.7 Å². The highest BCUT2D eigenvalue weighted by atomic mass is 16.2. The number of fused-ring (bicyclic) bond motifs is 9. The standard InChI is InChI=1S/C32H42N6O3/c1-20(39)33-29-15-16-36(32(41)35-29)30-31(40)38(27-12-5-4-11-26(27)34-30)25-18-23-9-6-10-24(19-25)37(23)28-17-21-7-2-3-8-22(28)14-13-21/h4-5,11-12,15-16,21-25,28-29H,2-3,6-10,13-14,17-19H2,1H3,(H,33,39)(H,35,41)/t21-,22?,23-,24+,25?,28+,29?/m0/s1. The summed E-state index contributed by atoms with van der Waals surface area (Å²) in [5.41, 5.74) is 1.31. The minimum atomic E-state index is -0.619. The molecule has 2 aromatic rings. The predicted octanol–water partition coefficient (Wildman–Crippen LogP) is 4.82. The van der Waals surface area contributed by atoms with E-state index in [9.17, 15) is 14.4 Å². The third kappa shape index (κ3) is 4.96. The summed E-state index contributed by atoms with van der Waals surface area (Å²) >= 11 is 0. The van der Waals surface area contributed by atoms with E-state index in [1.165, 1.54) is 76.0 Å². The Morgan fingerprint density at radius 3 is 2.49 bits per heavy atom. The lowest BCUT2D eigenvalue weighted by Gasteiger charge is -2.56. The van der Waals surface area contributed by atoms with Gasteiger partial charge in [-0.1, -0.05) is 44.2 Å². The molecule has 41 heavy (non-hydrogen) atoms. The number of para-hydroxylation sites is 2. The molecule has 8 rings (SSSR count). The van der Waals surface area contributed by atoms with Crippen molar-refractivity contribution in [3.63, 3.8) is 0 Å². The third-order valence-electron chi connectivity index (χ3n) is 10.5. The number of piperidine rings is 2. The van der Waals surface area contributed by atoms with E-state index in [1.807, 2.05) is 28.8 Å². The zero-order valence-electron chi connectivity index (χ0n) is 24.0. The molecule has 5 fully saturated rings. The van der Waals surface area contributed by atoms with Gasteiger partial charge in [0.1, 0.15) is 6.17 Å². The Balaban J connectivity index is 1.22. The smallest absolute Gasteiger partial charge is 0.329 e. The molecule has 9 heteroatoms. The van der Waals surface area contributed by atoms with Crippen LogP contribution in [0, 0.1) is 11.8 Å². The zero-order valence-corrected chi connectivity index (χ0v) is 24.0. The van der Waals surface area contributed by atoms with Crippen molar-refractivity contribution < 1.29 is 9.59 Å². The maximum absolute atomic E-state index is 14.2. The van der Waals surface area contributed by atoms with Crippen molar-refractivity contribution in [2.24, 2.45) is 11.8 Å². The lowest BCUT2D eigenvalue weighted by Crippen LogP contribution is -2.60. The summed E-state index contributed by atoms with van der Waals surface area (Å²) < 4.78 is 1.95. The number of carbonyl (C=O) groups is 2. The van der Waals surface area contributed by atoms with Gasteiger partial charge in [0, 0.05) is 37.3 Å². The summed E-state index contributed by atoms with van der Waals surface area (Å²) in [6, 6.07) is 9.07.